The number of aryl methyl sites for hydroxylation is 1. The van der Waals surface area contributed by atoms with Gasteiger partial charge >= 0.3 is 5.97 Å². The fourth-order valence-electron chi connectivity index (χ4n) is 2.71. The van der Waals surface area contributed by atoms with Gasteiger partial charge in [0, 0.05) is 28.6 Å². The van der Waals surface area contributed by atoms with Gasteiger partial charge in [-0.15, -0.1) is 11.3 Å². The average molecular weight is 410 g/mol. The summed E-state index contributed by atoms with van der Waals surface area (Å²) in [5, 5.41) is 15.7. The molecule has 8 heteroatoms. The lowest BCUT2D eigenvalue weighted by Gasteiger charge is -2.09. The lowest BCUT2D eigenvalue weighted by atomic mass is 10.0. The van der Waals surface area contributed by atoms with E-state index in [1.54, 1.807) is 12.3 Å². The number of carbonyl (C=O) groups excluding carboxylic acids is 2. The van der Waals surface area contributed by atoms with Gasteiger partial charge in [-0.25, -0.2) is 4.79 Å². The minimum absolute atomic E-state index is 0.105. The van der Waals surface area contributed by atoms with E-state index in [9.17, 15) is 19.7 Å². The van der Waals surface area contributed by atoms with Crippen LogP contribution in [0.3, 0.4) is 0 Å². The maximum atomic E-state index is 12.6. The first-order chi connectivity index (χ1) is 13.9. The summed E-state index contributed by atoms with van der Waals surface area (Å²) in [6, 6.07) is 12.9. The van der Waals surface area contributed by atoms with Gasteiger partial charge in [-0.2, -0.15) is 0 Å². The highest BCUT2D eigenvalue weighted by molar-refractivity contribution is 7.15. The Bertz CT molecular complexity index is 1060. The van der Waals surface area contributed by atoms with E-state index in [2.05, 4.69) is 5.32 Å². The van der Waals surface area contributed by atoms with Crippen molar-refractivity contribution in [2.24, 2.45) is 0 Å². The Morgan fingerprint density at radius 2 is 1.76 bits per heavy atom. The van der Waals surface area contributed by atoms with E-state index < -0.39 is 16.8 Å². The fraction of sp³-hybridized carbons (Fsp3) is 0.143. The number of nitro benzene ring substituents is 1. The topological polar surface area (TPSA) is 98.5 Å². The number of anilines is 1. The number of nitro groups is 1. The van der Waals surface area contributed by atoms with Crippen molar-refractivity contribution in [1.29, 1.82) is 0 Å². The second-order valence-electron chi connectivity index (χ2n) is 6.20. The van der Waals surface area contributed by atoms with Crippen LogP contribution in [-0.4, -0.2) is 23.4 Å². The molecule has 0 atom stereocenters. The number of nitrogens with one attached hydrogen (secondary N) is 1. The van der Waals surface area contributed by atoms with Crippen LogP contribution in [0.25, 0.3) is 11.1 Å². The van der Waals surface area contributed by atoms with Gasteiger partial charge in [-0.3, -0.25) is 14.9 Å². The molecular formula is C21H18N2O5S. The van der Waals surface area contributed by atoms with Crippen LogP contribution in [0.2, 0.25) is 0 Å². The molecule has 0 bridgehead atoms. The third kappa shape index (κ3) is 4.49. The van der Waals surface area contributed by atoms with E-state index in [0.29, 0.717) is 10.6 Å². The molecule has 0 aliphatic heterocycles. The summed E-state index contributed by atoms with van der Waals surface area (Å²) in [7, 11) is 0. The molecule has 29 heavy (non-hydrogen) atoms. The van der Waals surface area contributed by atoms with E-state index in [0.717, 1.165) is 11.1 Å². The van der Waals surface area contributed by atoms with Crippen molar-refractivity contribution in [3.8, 4) is 11.1 Å². The van der Waals surface area contributed by atoms with Crippen molar-refractivity contribution >= 4 is 33.9 Å². The van der Waals surface area contributed by atoms with Gasteiger partial charge in [0.05, 0.1) is 11.5 Å². The highest BCUT2D eigenvalue weighted by Crippen LogP contribution is 2.36. The van der Waals surface area contributed by atoms with Crippen LogP contribution in [0.4, 0.5) is 10.7 Å². The minimum Gasteiger partial charge on any atom is -0.462 e. The van der Waals surface area contributed by atoms with Gasteiger partial charge in [-0.05, 0) is 31.5 Å². The van der Waals surface area contributed by atoms with Crippen LogP contribution in [-0.2, 0) is 4.74 Å². The van der Waals surface area contributed by atoms with E-state index in [1.165, 1.54) is 35.6 Å². The Morgan fingerprint density at radius 3 is 2.34 bits per heavy atom. The van der Waals surface area contributed by atoms with Gasteiger partial charge in [-0.1, -0.05) is 29.8 Å². The zero-order valence-corrected chi connectivity index (χ0v) is 16.6. The second-order valence-corrected chi connectivity index (χ2v) is 7.08. The molecule has 0 saturated carbocycles. The first-order valence-corrected chi connectivity index (χ1v) is 9.70. The number of thiophene rings is 1. The average Bonchev–Trinajstić information content (AvgIpc) is 3.12. The zero-order chi connectivity index (χ0) is 21.0. The highest BCUT2D eigenvalue weighted by atomic mass is 32.1. The first-order valence-electron chi connectivity index (χ1n) is 8.82. The molecule has 0 aliphatic rings. The van der Waals surface area contributed by atoms with Crippen LogP contribution >= 0.6 is 11.3 Å². The molecule has 3 aromatic rings. The number of hydrogen-bond donors (Lipinski definition) is 1. The molecular weight excluding hydrogens is 392 g/mol. The Kier molecular flexibility index (Phi) is 6.04. The van der Waals surface area contributed by atoms with E-state index in [1.807, 2.05) is 31.2 Å². The van der Waals surface area contributed by atoms with Crippen LogP contribution in [0.5, 0.6) is 0 Å². The monoisotopic (exact) mass is 410 g/mol. The largest absolute Gasteiger partial charge is 0.462 e. The predicted octanol–water partition coefficient (Wildman–Crippen LogP) is 5.06. The Labute approximate surface area is 171 Å². The number of nitrogens with zero attached hydrogens (tertiary/aromatic N) is 1. The number of benzene rings is 2. The molecule has 7 nitrogen and oxygen atoms in total. The summed E-state index contributed by atoms with van der Waals surface area (Å²) in [5.41, 5.74) is 3.03. The molecule has 0 aliphatic carbocycles. The normalized spacial score (nSPS) is 10.4. The SMILES string of the molecule is CCOC(=O)c1c(-c2ccc(C)cc2)csc1NC(=O)c1ccc([N+](=O)[O-])cc1. The summed E-state index contributed by atoms with van der Waals surface area (Å²) >= 11 is 1.22. The molecule has 2 aromatic carbocycles. The fourth-order valence-corrected chi connectivity index (χ4v) is 3.66. The quantitative estimate of drug-likeness (QED) is 0.348. The lowest BCUT2D eigenvalue weighted by molar-refractivity contribution is -0.384. The van der Waals surface area contributed by atoms with Crippen molar-refractivity contribution < 1.29 is 19.2 Å². The number of non-ortho nitro benzene ring substituents is 1. The molecule has 0 radical (unpaired) electrons. The van der Waals surface area contributed by atoms with Crippen molar-refractivity contribution in [3.63, 3.8) is 0 Å². The predicted molar refractivity (Wildman–Crippen MR) is 111 cm³/mol. The molecule has 148 valence electrons. The number of hydrogen-bond acceptors (Lipinski definition) is 6. The van der Waals surface area contributed by atoms with E-state index in [4.69, 9.17) is 4.74 Å². The Hall–Kier alpha value is -3.52. The molecule has 0 spiro atoms. The van der Waals surface area contributed by atoms with Gasteiger partial charge in [0.2, 0.25) is 0 Å². The van der Waals surface area contributed by atoms with Gasteiger partial charge in [0.25, 0.3) is 11.6 Å². The van der Waals surface area contributed by atoms with Crippen molar-refractivity contribution in [2.75, 3.05) is 11.9 Å². The smallest absolute Gasteiger partial charge is 0.341 e. The first kappa shape index (κ1) is 20.2. The summed E-state index contributed by atoms with van der Waals surface area (Å²) < 4.78 is 5.18. The van der Waals surface area contributed by atoms with E-state index >= 15 is 0 Å². The van der Waals surface area contributed by atoms with Gasteiger partial charge < -0.3 is 10.1 Å². The van der Waals surface area contributed by atoms with Crippen LogP contribution in [0.15, 0.2) is 53.9 Å². The highest BCUT2D eigenvalue weighted by Gasteiger charge is 2.23. The van der Waals surface area contributed by atoms with Crippen molar-refractivity contribution in [2.45, 2.75) is 13.8 Å². The zero-order valence-electron chi connectivity index (χ0n) is 15.8. The second kappa shape index (κ2) is 8.66. The number of carbonyl (C=O) groups is 2. The third-order valence-electron chi connectivity index (χ3n) is 4.20. The molecule has 1 heterocycles. The summed E-state index contributed by atoms with van der Waals surface area (Å²) in [6.07, 6.45) is 0. The molecule has 1 amide bonds. The van der Waals surface area contributed by atoms with Crippen LogP contribution in [0.1, 0.15) is 33.2 Å². The maximum absolute atomic E-state index is 12.6. The Balaban J connectivity index is 1.94. The number of amides is 1. The standard InChI is InChI=1S/C21H18N2O5S/c1-3-28-21(25)18-17(14-6-4-13(2)5-7-14)12-29-20(18)22-19(24)15-8-10-16(11-9-15)23(26)27/h4-12H,3H2,1-2H3,(H,22,24). The molecule has 1 N–H and O–H groups in total. The number of esters is 1. The molecule has 0 unspecified atom stereocenters. The number of rotatable bonds is 6. The van der Waals surface area contributed by atoms with E-state index in [-0.39, 0.29) is 23.4 Å². The van der Waals surface area contributed by atoms with Crippen LogP contribution in [0, 0.1) is 17.0 Å². The molecule has 0 saturated heterocycles. The summed E-state index contributed by atoms with van der Waals surface area (Å²) in [4.78, 5) is 35.4. The number of ether oxygens (including phenoxy) is 1. The molecule has 0 fully saturated rings. The van der Waals surface area contributed by atoms with Crippen molar-refractivity contribution in [1.82, 2.24) is 0 Å². The third-order valence-corrected chi connectivity index (χ3v) is 5.10. The minimum atomic E-state index is -0.534. The molecule has 1 aromatic heterocycles. The van der Waals surface area contributed by atoms with Gasteiger partial charge in [0.15, 0.2) is 0 Å². The maximum Gasteiger partial charge on any atom is 0.341 e. The Morgan fingerprint density at radius 1 is 1.10 bits per heavy atom. The summed E-state index contributed by atoms with van der Waals surface area (Å²) in [5.74, 6) is -0.994. The molecule has 3 rings (SSSR count). The lowest BCUT2D eigenvalue weighted by Crippen LogP contribution is -2.14. The summed E-state index contributed by atoms with van der Waals surface area (Å²) in [6.45, 7) is 3.89. The van der Waals surface area contributed by atoms with Crippen molar-refractivity contribution in [3.05, 3.63) is 80.7 Å². The van der Waals surface area contributed by atoms with Crippen LogP contribution < -0.4 is 5.32 Å². The van der Waals surface area contributed by atoms with Gasteiger partial charge in [0.1, 0.15) is 10.6 Å².